The van der Waals surface area contributed by atoms with Gasteiger partial charge in [0, 0.05) is 36.9 Å². The van der Waals surface area contributed by atoms with E-state index in [4.69, 9.17) is 9.97 Å². The van der Waals surface area contributed by atoms with Crippen LogP contribution in [0.15, 0.2) is 255 Å². The summed E-state index contributed by atoms with van der Waals surface area (Å²) in [5, 5.41) is 4.98. The van der Waals surface area contributed by atoms with Crippen molar-refractivity contribution in [3.63, 3.8) is 0 Å². The van der Waals surface area contributed by atoms with Crippen LogP contribution in [-0.4, -0.2) is 9.97 Å². The minimum absolute atomic E-state index is 0.518. The molecular weight excluding hydrogens is 901 g/mol. The van der Waals surface area contributed by atoms with Gasteiger partial charge in [-0.3, -0.25) is 0 Å². The number of fused-ring (bicyclic) bond motifs is 21. The molecule has 2 nitrogen and oxygen atoms in total. The highest BCUT2D eigenvalue weighted by Crippen LogP contribution is 2.69. The van der Waals surface area contributed by atoms with Gasteiger partial charge in [-0.25, -0.2) is 9.97 Å². The van der Waals surface area contributed by atoms with Crippen molar-refractivity contribution >= 4 is 42.3 Å². The summed E-state index contributed by atoms with van der Waals surface area (Å²) in [5.74, 6) is 0.705. The van der Waals surface area contributed by atoms with Gasteiger partial charge in [0.2, 0.25) is 0 Å². The van der Waals surface area contributed by atoms with E-state index in [9.17, 15) is 0 Å². The molecule has 3 aliphatic carbocycles. The second-order valence-electron chi connectivity index (χ2n) is 19.8. The standard InChI is InChI=1S/C70H42N2S/c1-2-19-44(20-3-1)68-71-63(42-64(72-68)52-28-17-21-43-18-4-5-24-48(43)52)47-23-16-22-45(40-47)46-36-37-51-54-38-39-55-53-27-8-15-35-65(53)73-67(55)66(54)70(62(51)41-46)60-33-13-11-31-58(60)69(59-32-12-14-34-61(59)70)56-29-9-6-25-49(56)50-26-7-10-30-57(50)69/h1-42H. The lowest BCUT2D eigenvalue weighted by Gasteiger charge is -2.49. The second kappa shape index (κ2) is 15.2. The Balaban J connectivity index is 0.954. The Morgan fingerprint density at radius 1 is 0.288 bits per heavy atom. The molecule has 0 saturated carbocycles. The lowest BCUT2D eigenvalue weighted by molar-refractivity contribution is 0.636. The van der Waals surface area contributed by atoms with Gasteiger partial charge in [-0.15, -0.1) is 11.3 Å². The molecule has 11 aromatic carbocycles. The molecule has 13 aromatic rings. The van der Waals surface area contributed by atoms with Crippen LogP contribution in [0.2, 0.25) is 0 Å². The fourth-order valence-electron chi connectivity index (χ4n) is 13.5. The van der Waals surface area contributed by atoms with E-state index in [1.807, 2.05) is 17.4 Å². The molecule has 0 aliphatic heterocycles. The number of aromatic nitrogens is 2. The predicted octanol–water partition coefficient (Wildman–Crippen LogP) is 17.7. The highest BCUT2D eigenvalue weighted by Gasteiger charge is 2.59. The number of hydrogen-bond acceptors (Lipinski definition) is 3. The van der Waals surface area contributed by atoms with E-state index in [2.05, 4.69) is 249 Å². The normalized spacial score (nSPS) is 14.0. The van der Waals surface area contributed by atoms with Crippen LogP contribution in [0.5, 0.6) is 0 Å². The van der Waals surface area contributed by atoms with E-state index in [1.165, 1.54) is 103 Å². The van der Waals surface area contributed by atoms with Gasteiger partial charge in [0.15, 0.2) is 5.82 Å². The molecule has 338 valence electrons. The van der Waals surface area contributed by atoms with E-state index < -0.39 is 10.8 Å². The summed E-state index contributed by atoms with van der Waals surface area (Å²) in [4.78, 5) is 10.6. The maximum absolute atomic E-state index is 5.32. The fourth-order valence-corrected chi connectivity index (χ4v) is 14.8. The highest BCUT2D eigenvalue weighted by molar-refractivity contribution is 7.26. The van der Waals surface area contributed by atoms with Gasteiger partial charge < -0.3 is 0 Å². The van der Waals surface area contributed by atoms with Gasteiger partial charge in [-0.05, 0) is 113 Å². The highest BCUT2D eigenvalue weighted by atomic mass is 32.1. The minimum Gasteiger partial charge on any atom is -0.228 e. The Labute approximate surface area is 427 Å². The molecule has 3 heteroatoms. The summed E-state index contributed by atoms with van der Waals surface area (Å²) in [6.45, 7) is 0. The third kappa shape index (κ3) is 5.47. The Hall–Kier alpha value is -9.02. The van der Waals surface area contributed by atoms with Crippen LogP contribution >= 0.6 is 11.3 Å². The molecule has 16 rings (SSSR count). The monoisotopic (exact) mass is 942 g/mol. The molecule has 0 saturated heterocycles. The van der Waals surface area contributed by atoms with Crippen molar-refractivity contribution in [2.24, 2.45) is 0 Å². The zero-order valence-corrected chi connectivity index (χ0v) is 40.4. The maximum atomic E-state index is 5.32. The van der Waals surface area contributed by atoms with Crippen molar-refractivity contribution in [1.82, 2.24) is 9.97 Å². The van der Waals surface area contributed by atoms with Crippen molar-refractivity contribution < 1.29 is 0 Å². The molecule has 2 heterocycles. The molecule has 0 bridgehead atoms. The largest absolute Gasteiger partial charge is 0.228 e. The van der Waals surface area contributed by atoms with Crippen molar-refractivity contribution in [2.75, 3.05) is 0 Å². The molecule has 2 spiro atoms. The van der Waals surface area contributed by atoms with Crippen LogP contribution in [0.3, 0.4) is 0 Å². The summed E-state index contributed by atoms with van der Waals surface area (Å²) in [7, 11) is 0. The van der Waals surface area contributed by atoms with Gasteiger partial charge in [-0.1, -0.05) is 231 Å². The lowest BCUT2D eigenvalue weighted by Crippen LogP contribution is -2.43. The predicted molar refractivity (Wildman–Crippen MR) is 302 cm³/mol. The van der Waals surface area contributed by atoms with E-state index in [0.717, 1.165) is 33.6 Å². The van der Waals surface area contributed by atoms with E-state index in [-0.39, 0.29) is 0 Å². The molecule has 0 amide bonds. The summed E-state index contributed by atoms with van der Waals surface area (Å²) in [6, 6.07) is 94.8. The average molecular weight is 943 g/mol. The van der Waals surface area contributed by atoms with Gasteiger partial charge in [0.25, 0.3) is 0 Å². The Morgan fingerprint density at radius 3 is 1.56 bits per heavy atom. The second-order valence-corrected chi connectivity index (χ2v) is 20.9. The molecule has 0 atom stereocenters. The first kappa shape index (κ1) is 40.7. The van der Waals surface area contributed by atoms with Crippen LogP contribution < -0.4 is 0 Å². The van der Waals surface area contributed by atoms with Crippen LogP contribution in [0, 0.1) is 0 Å². The number of thiophene rings is 1. The third-order valence-electron chi connectivity index (χ3n) is 16.4. The van der Waals surface area contributed by atoms with Crippen LogP contribution in [0.4, 0.5) is 0 Å². The minimum atomic E-state index is -0.645. The molecule has 0 unspecified atom stereocenters. The molecule has 73 heavy (non-hydrogen) atoms. The van der Waals surface area contributed by atoms with Crippen molar-refractivity contribution in [3.8, 4) is 67.3 Å². The smallest absolute Gasteiger partial charge is 0.160 e. The lowest BCUT2D eigenvalue weighted by atomic mass is 9.52. The van der Waals surface area contributed by atoms with Crippen LogP contribution in [-0.2, 0) is 10.8 Å². The average Bonchev–Trinajstić information content (AvgIpc) is 4.22. The van der Waals surface area contributed by atoms with E-state index >= 15 is 0 Å². The number of rotatable bonds is 4. The van der Waals surface area contributed by atoms with E-state index in [0.29, 0.717) is 5.82 Å². The SMILES string of the molecule is c1ccc(-c2nc(-c3cccc(-c4ccc5c(c4)C4(c6ccccc6C6(c7ccccc7-c7ccccc76)c6ccccc64)c4c-5ccc5c4sc4ccccc45)c3)cc(-c3cccc4ccccc34)n2)cc1. The first-order chi connectivity index (χ1) is 36.2. The topological polar surface area (TPSA) is 25.8 Å². The molecule has 3 aliphatic rings. The fraction of sp³-hybridized carbons (Fsp3) is 0.0286. The van der Waals surface area contributed by atoms with Gasteiger partial charge in [0.05, 0.1) is 22.2 Å². The Kier molecular flexibility index (Phi) is 8.50. The summed E-state index contributed by atoms with van der Waals surface area (Å²) >= 11 is 1.94. The number of hydrogen-bond donors (Lipinski definition) is 0. The summed E-state index contributed by atoms with van der Waals surface area (Å²) in [5.41, 5.74) is 22.0. The zero-order valence-electron chi connectivity index (χ0n) is 39.6. The van der Waals surface area contributed by atoms with Crippen molar-refractivity contribution in [1.29, 1.82) is 0 Å². The summed E-state index contributed by atoms with van der Waals surface area (Å²) in [6.07, 6.45) is 0. The molecule has 0 radical (unpaired) electrons. The van der Waals surface area contributed by atoms with E-state index in [1.54, 1.807) is 0 Å². The molecule has 2 aromatic heterocycles. The van der Waals surface area contributed by atoms with Gasteiger partial charge in [-0.2, -0.15) is 0 Å². The molecule has 0 N–H and O–H groups in total. The van der Waals surface area contributed by atoms with Crippen LogP contribution in [0.1, 0.15) is 44.5 Å². The zero-order chi connectivity index (χ0) is 47.8. The first-order valence-electron chi connectivity index (χ1n) is 25.2. The third-order valence-corrected chi connectivity index (χ3v) is 17.6. The van der Waals surface area contributed by atoms with Crippen molar-refractivity contribution in [2.45, 2.75) is 10.8 Å². The molecule has 0 fully saturated rings. The quantitative estimate of drug-likeness (QED) is 0.176. The number of benzene rings is 11. The first-order valence-corrected chi connectivity index (χ1v) is 26.0. The van der Waals surface area contributed by atoms with Gasteiger partial charge >= 0.3 is 0 Å². The maximum Gasteiger partial charge on any atom is 0.160 e. The Bertz CT molecular complexity index is 4370. The summed E-state index contributed by atoms with van der Waals surface area (Å²) < 4.78 is 2.66. The van der Waals surface area contributed by atoms with Crippen LogP contribution in [0.25, 0.3) is 98.2 Å². The Morgan fingerprint density at radius 2 is 0.808 bits per heavy atom. The van der Waals surface area contributed by atoms with Gasteiger partial charge in [0.1, 0.15) is 0 Å². The molecular formula is C70H42N2S. The number of nitrogens with zero attached hydrogens (tertiary/aromatic N) is 2. The van der Waals surface area contributed by atoms with Crippen molar-refractivity contribution in [3.05, 3.63) is 299 Å².